The van der Waals surface area contributed by atoms with Gasteiger partial charge in [-0.05, 0) is 18.2 Å². The SMILES string of the molecule is CC(C)c1noc(CS(=O)Cc2ccn(-c3ccccc3)n2)n1. The van der Waals surface area contributed by atoms with Crippen LogP contribution in [-0.2, 0) is 22.3 Å². The van der Waals surface area contributed by atoms with Crippen LogP contribution in [0.2, 0.25) is 0 Å². The summed E-state index contributed by atoms with van der Waals surface area (Å²) < 4.78 is 19.1. The molecule has 7 heteroatoms. The zero-order valence-corrected chi connectivity index (χ0v) is 13.9. The van der Waals surface area contributed by atoms with Gasteiger partial charge >= 0.3 is 0 Å². The Bertz CT molecular complexity index is 795. The van der Waals surface area contributed by atoms with Gasteiger partial charge in [-0.3, -0.25) is 4.21 Å². The largest absolute Gasteiger partial charge is 0.338 e. The third-order valence-electron chi connectivity index (χ3n) is 3.26. The molecule has 0 aliphatic heterocycles. The van der Waals surface area contributed by atoms with Gasteiger partial charge in [0.1, 0.15) is 5.75 Å². The van der Waals surface area contributed by atoms with Crippen molar-refractivity contribution in [3.8, 4) is 5.69 Å². The van der Waals surface area contributed by atoms with Crippen LogP contribution >= 0.6 is 0 Å². The van der Waals surface area contributed by atoms with Gasteiger partial charge in [-0.25, -0.2) is 4.68 Å². The van der Waals surface area contributed by atoms with E-state index in [1.807, 2.05) is 56.4 Å². The second-order valence-corrected chi connectivity index (χ2v) is 6.97. The van der Waals surface area contributed by atoms with E-state index in [4.69, 9.17) is 4.52 Å². The molecule has 6 nitrogen and oxygen atoms in total. The highest BCUT2D eigenvalue weighted by atomic mass is 32.2. The Morgan fingerprint density at radius 2 is 1.96 bits per heavy atom. The Morgan fingerprint density at radius 1 is 1.17 bits per heavy atom. The third-order valence-corrected chi connectivity index (χ3v) is 4.45. The fraction of sp³-hybridized carbons (Fsp3) is 0.312. The molecule has 120 valence electrons. The number of aromatic nitrogens is 4. The van der Waals surface area contributed by atoms with Gasteiger partial charge < -0.3 is 4.52 Å². The van der Waals surface area contributed by atoms with Gasteiger partial charge in [-0.15, -0.1) is 0 Å². The van der Waals surface area contributed by atoms with Crippen LogP contribution in [0.15, 0.2) is 47.1 Å². The van der Waals surface area contributed by atoms with Crippen molar-refractivity contribution in [1.29, 1.82) is 0 Å². The Morgan fingerprint density at radius 3 is 2.65 bits per heavy atom. The minimum Gasteiger partial charge on any atom is -0.338 e. The summed E-state index contributed by atoms with van der Waals surface area (Å²) in [5, 5.41) is 8.33. The van der Waals surface area contributed by atoms with E-state index in [1.165, 1.54) is 0 Å². The zero-order chi connectivity index (χ0) is 16.2. The first-order valence-corrected chi connectivity index (χ1v) is 8.88. The second kappa shape index (κ2) is 6.87. The smallest absolute Gasteiger partial charge is 0.239 e. The number of hydrogen-bond acceptors (Lipinski definition) is 5. The summed E-state index contributed by atoms with van der Waals surface area (Å²) in [6, 6.07) is 11.7. The van der Waals surface area contributed by atoms with Crippen LogP contribution in [0.4, 0.5) is 0 Å². The first-order chi connectivity index (χ1) is 11.1. The van der Waals surface area contributed by atoms with Crippen LogP contribution in [0.3, 0.4) is 0 Å². The van der Waals surface area contributed by atoms with Crippen LogP contribution < -0.4 is 0 Å². The lowest BCUT2D eigenvalue weighted by Gasteiger charge is -2.00. The van der Waals surface area contributed by atoms with Crippen LogP contribution in [0.1, 0.15) is 37.2 Å². The molecule has 0 N–H and O–H groups in total. The number of para-hydroxylation sites is 1. The Kier molecular flexibility index (Phi) is 4.66. The van der Waals surface area contributed by atoms with Gasteiger partial charge in [0.25, 0.3) is 0 Å². The van der Waals surface area contributed by atoms with E-state index >= 15 is 0 Å². The monoisotopic (exact) mass is 330 g/mol. The Balaban J connectivity index is 1.63. The van der Waals surface area contributed by atoms with E-state index in [0.29, 0.717) is 17.5 Å². The first kappa shape index (κ1) is 15.6. The standard InChI is InChI=1S/C16H18N4O2S/c1-12(2)16-17-15(22-19-16)11-23(21)10-13-8-9-20(18-13)14-6-4-3-5-7-14/h3-9,12H,10-11H2,1-2H3. The molecule has 0 amide bonds. The molecule has 1 aromatic carbocycles. The summed E-state index contributed by atoms with van der Waals surface area (Å²) in [5.41, 5.74) is 1.75. The highest BCUT2D eigenvalue weighted by molar-refractivity contribution is 7.83. The van der Waals surface area contributed by atoms with Crippen LogP contribution in [0.25, 0.3) is 5.69 Å². The van der Waals surface area contributed by atoms with Gasteiger partial charge in [0.2, 0.25) is 5.89 Å². The van der Waals surface area contributed by atoms with Gasteiger partial charge in [0, 0.05) is 22.9 Å². The molecule has 3 rings (SSSR count). The fourth-order valence-electron chi connectivity index (χ4n) is 2.08. The molecule has 0 saturated heterocycles. The number of hydrogen-bond donors (Lipinski definition) is 0. The van der Waals surface area contributed by atoms with Crippen molar-refractivity contribution in [3.05, 3.63) is 60.0 Å². The Labute approximate surface area is 137 Å². The Hall–Kier alpha value is -2.28. The maximum absolute atomic E-state index is 12.2. The molecule has 0 spiro atoms. The van der Waals surface area contributed by atoms with E-state index in [0.717, 1.165) is 11.4 Å². The topological polar surface area (TPSA) is 73.8 Å². The molecule has 0 bridgehead atoms. The molecular weight excluding hydrogens is 312 g/mol. The molecule has 0 aliphatic carbocycles. The second-order valence-electron chi connectivity index (χ2n) is 5.52. The normalized spacial score (nSPS) is 12.7. The van der Waals surface area contributed by atoms with Crippen molar-refractivity contribution in [2.45, 2.75) is 31.3 Å². The van der Waals surface area contributed by atoms with E-state index in [9.17, 15) is 4.21 Å². The van der Waals surface area contributed by atoms with Crippen LogP contribution in [0, 0.1) is 0 Å². The van der Waals surface area contributed by atoms with Crippen LogP contribution in [-0.4, -0.2) is 24.1 Å². The predicted molar refractivity (Wildman–Crippen MR) is 87.5 cm³/mol. The van der Waals surface area contributed by atoms with Crippen molar-refractivity contribution >= 4 is 10.8 Å². The average Bonchev–Trinajstić information content (AvgIpc) is 3.18. The van der Waals surface area contributed by atoms with Crippen molar-refractivity contribution in [3.63, 3.8) is 0 Å². The molecule has 1 atom stereocenters. The minimum absolute atomic E-state index is 0.197. The zero-order valence-electron chi connectivity index (χ0n) is 13.0. The van der Waals surface area contributed by atoms with E-state index < -0.39 is 10.8 Å². The van der Waals surface area contributed by atoms with Crippen molar-refractivity contribution < 1.29 is 8.73 Å². The summed E-state index contributed by atoms with van der Waals surface area (Å²) in [7, 11) is -1.14. The summed E-state index contributed by atoms with van der Waals surface area (Å²) in [4.78, 5) is 4.25. The van der Waals surface area contributed by atoms with Gasteiger partial charge in [0.15, 0.2) is 5.82 Å². The van der Waals surface area contributed by atoms with E-state index in [2.05, 4.69) is 15.2 Å². The average molecular weight is 330 g/mol. The van der Waals surface area contributed by atoms with Crippen molar-refractivity contribution in [2.24, 2.45) is 0 Å². The number of rotatable bonds is 6. The lowest BCUT2D eigenvalue weighted by atomic mass is 10.2. The third kappa shape index (κ3) is 3.92. The number of nitrogens with zero attached hydrogens (tertiary/aromatic N) is 4. The fourth-order valence-corrected chi connectivity index (χ4v) is 3.06. The van der Waals surface area contributed by atoms with Gasteiger partial charge in [-0.1, -0.05) is 37.2 Å². The molecule has 3 aromatic rings. The summed E-state index contributed by atoms with van der Waals surface area (Å²) in [6.07, 6.45) is 1.87. The molecule has 23 heavy (non-hydrogen) atoms. The molecule has 0 fully saturated rings. The lowest BCUT2D eigenvalue weighted by Crippen LogP contribution is -2.02. The van der Waals surface area contributed by atoms with Crippen molar-refractivity contribution in [1.82, 2.24) is 19.9 Å². The molecule has 2 aromatic heterocycles. The molecule has 2 heterocycles. The van der Waals surface area contributed by atoms with E-state index in [1.54, 1.807) is 4.68 Å². The highest BCUT2D eigenvalue weighted by Crippen LogP contribution is 2.13. The molecule has 0 radical (unpaired) electrons. The minimum atomic E-state index is -1.14. The maximum atomic E-state index is 12.2. The molecular formula is C16H18N4O2S. The quantitative estimate of drug-likeness (QED) is 0.695. The molecule has 1 unspecified atom stereocenters. The predicted octanol–water partition coefficient (Wildman–Crippen LogP) is 2.83. The highest BCUT2D eigenvalue weighted by Gasteiger charge is 2.13. The first-order valence-electron chi connectivity index (χ1n) is 7.39. The van der Waals surface area contributed by atoms with Gasteiger partial charge in [0.05, 0.1) is 17.1 Å². The van der Waals surface area contributed by atoms with E-state index in [-0.39, 0.29) is 11.7 Å². The summed E-state index contributed by atoms with van der Waals surface area (Å²) in [5.74, 6) is 1.86. The number of benzene rings is 1. The maximum Gasteiger partial charge on any atom is 0.239 e. The van der Waals surface area contributed by atoms with Gasteiger partial charge in [-0.2, -0.15) is 10.1 Å². The van der Waals surface area contributed by atoms with Crippen LogP contribution in [0.5, 0.6) is 0 Å². The summed E-state index contributed by atoms with van der Waals surface area (Å²) >= 11 is 0. The van der Waals surface area contributed by atoms with Crippen molar-refractivity contribution in [2.75, 3.05) is 0 Å². The summed E-state index contributed by atoms with van der Waals surface area (Å²) in [6.45, 7) is 3.98. The molecule has 0 aliphatic rings. The lowest BCUT2D eigenvalue weighted by molar-refractivity contribution is 0.382. The molecule has 0 saturated carbocycles.